The second-order valence-corrected chi connectivity index (χ2v) is 4.59. The average molecular weight is 250 g/mol. The molecule has 5 nitrogen and oxygen atoms in total. The zero-order chi connectivity index (χ0) is 13.0. The minimum absolute atomic E-state index is 0.182. The number of piperidine rings is 1. The van der Waals surface area contributed by atoms with Crippen LogP contribution < -0.4 is 5.73 Å². The second-order valence-electron chi connectivity index (χ2n) is 4.59. The number of aliphatic hydroxyl groups is 1. The van der Waals surface area contributed by atoms with Crippen molar-refractivity contribution in [1.29, 1.82) is 0 Å². The van der Waals surface area contributed by atoms with Crippen LogP contribution in [0, 0.1) is 0 Å². The summed E-state index contributed by atoms with van der Waals surface area (Å²) in [4.78, 5) is 13.3. The first-order valence-electron chi connectivity index (χ1n) is 6.04. The number of likely N-dealkylation sites (tertiary alicyclic amines) is 1. The molecule has 0 aromatic heterocycles. The van der Waals surface area contributed by atoms with Crippen molar-refractivity contribution in [3.63, 3.8) is 0 Å². The molecular formula is C13H18N2O3. The van der Waals surface area contributed by atoms with Gasteiger partial charge in [-0.15, -0.1) is 0 Å². The number of benzene rings is 1. The van der Waals surface area contributed by atoms with E-state index in [9.17, 15) is 9.90 Å². The number of rotatable bonds is 2. The van der Waals surface area contributed by atoms with Gasteiger partial charge in [0.1, 0.15) is 6.61 Å². The highest BCUT2D eigenvalue weighted by molar-refractivity contribution is 5.67. The van der Waals surface area contributed by atoms with E-state index in [1.807, 2.05) is 30.3 Å². The van der Waals surface area contributed by atoms with E-state index in [-0.39, 0.29) is 12.6 Å². The lowest BCUT2D eigenvalue weighted by Crippen LogP contribution is -2.51. The van der Waals surface area contributed by atoms with Crippen LogP contribution in [0.1, 0.15) is 12.0 Å². The number of amides is 1. The van der Waals surface area contributed by atoms with Gasteiger partial charge < -0.3 is 20.5 Å². The van der Waals surface area contributed by atoms with Crippen molar-refractivity contribution >= 4 is 6.09 Å². The summed E-state index contributed by atoms with van der Waals surface area (Å²) in [7, 11) is 0. The van der Waals surface area contributed by atoms with Gasteiger partial charge in [-0.1, -0.05) is 30.3 Å². The highest BCUT2D eigenvalue weighted by Gasteiger charge is 2.27. The van der Waals surface area contributed by atoms with E-state index in [4.69, 9.17) is 10.5 Å². The van der Waals surface area contributed by atoms with Crippen LogP contribution in [0.15, 0.2) is 30.3 Å². The third kappa shape index (κ3) is 3.45. The lowest BCUT2D eigenvalue weighted by atomic mass is 10.0. The van der Waals surface area contributed by atoms with Gasteiger partial charge in [0.2, 0.25) is 0 Å². The third-order valence-corrected chi connectivity index (χ3v) is 2.92. The van der Waals surface area contributed by atoms with Crippen LogP contribution in [0.5, 0.6) is 0 Å². The molecule has 1 aliphatic heterocycles. The summed E-state index contributed by atoms with van der Waals surface area (Å²) in [6.07, 6.45) is -0.450. The number of nitrogens with zero attached hydrogens (tertiary/aromatic N) is 1. The minimum Gasteiger partial charge on any atom is -0.445 e. The Balaban J connectivity index is 1.84. The normalized spacial score (nSPS) is 23.8. The van der Waals surface area contributed by atoms with E-state index in [1.54, 1.807) is 0 Å². The smallest absolute Gasteiger partial charge is 0.410 e. The number of carbonyl (C=O) groups is 1. The SMILES string of the molecule is NC1CC(O)CN(C(=O)OCc2ccccc2)C1. The lowest BCUT2D eigenvalue weighted by molar-refractivity contribution is 0.0395. The van der Waals surface area contributed by atoms with E-state index in [1.165, 1.54) is 4.90 Å². The van der Waals surface area contributed by atoms with Crippen LogP contribution in [0.2, 0.25) is 0 Å². The summed E-state index contributed by atoms with van der Waals surface area (Å²) in [5.41, 5.74) is 6.69. The molecule has 1 heterocycles. The number of β-amino-alcohol motifs (C(OH)–C–C–N with tert-alkyl or cyclic N) is 1. The van der Waals surface area contributed by atoms with Crippen LogP contribution in [0.3, 0.4) is 0 Å². The van der Waals surface area contributed by atoms with Crippen molar-refractivity contribution < 1.29 is 14.6 Å². The Kier molecular flexibility index (Phi) is 4.17. The Morgan fingerprint density at radius 3 is 2.78 bits per heavy atom. The number of hydrogen-bond acceptors (Lipinski definition) is 4. The standard InChI is InChI=1S/C13H18N2O3/c14-11-6-12(16)8-15(7-11)13(17)18-9-10-4-2-1-3-5-10/h1-5,11-12,16H,6-9,14H2. The molecule has 5 heteroatoms. The van der Waals surface area contributed by atoms with E-state index < -0.39 is 12.2 Å². The molecule has 0 bridgehead atoms. The van der Waals surface area contributed by atoms with Gasteiger partial charge in [-0.25, -0.2) is 4.79 Å². The Morgan fingerprint density at radius 2 is 2.11 bits per heavy atom. The zero-order valence-electron chi connectivity index (χ0n) is 10.2. The first kappa shape index (κ1) is 12.9. The fraction of sp³-hybridized carbons (Fsp3) is 0.462. The molecule has 0 aliphatic carbocycles. The molecular weight excluding hydrogens is 232 g/mol. The van der Waals surface area contributed by atoms with Crippen molar-refractivity contribution in [3.05, 3.63) is 35.9 Å². The van der Waals surface area contributed by atoms with Crippen molar-refractivity contribution in [2.24, 2.45) is 5.73 Å². The average Bonchev–Trinajstić information content (AvgIpc) is 2.36. The molecule has 0 spiro atoms. The van der Waals surface area contributed by atoms with Gasteiger partial charge in [0.05, 0.1) is 12.6 Å². The highest BCUT2D eigenvalue weighted by Crippen LogP contribution is 2.11. The quantitative estimate of drug-likeness (QED) is 0.811. The van der Waals surface area contributed by atoms with Crippen LogP contribution in [0.25, 0.3) is 0 Å². The molecule has 2 unspecified atom stereocenters. The molecule has 1 aliphatic rings. The molecule has 2 atom stereocenters. The third-order valence-electron chi connectivity index (χ3n) is 2.92. The summed E-state index contributed by atoms with van der Waals surface area (Å²) < 4.78 is 5.18. The molecule has 0 saturated carbocycles. The van der Waals surface area contributed by atoms with Gasteiger partial charge in [-0.05, 0) is 12.0 Å². The Bertz CT molecular complexity index is 386. The molecule has 1 fully saturated rings. The topological polar surface area (TPSA) is 75.8 Å². The molecule has 1 aromatic carbocycles. The van der Waals surface area contributed by atoms with E-state index in [0.29, 0.717) is 19.5 Å². The van der Waals surface area contributed by atoms with E-state index >= 15 is 0 Å². The van der Waals surface area contributed by atoms with Gasteiger partial charge in [0, 0.05) is 12.6 Å². The van der Waals surface area contributed by atoms with Crippen LogP contribution in [-0.4, -0.2) is 41.3 Å². The molecule has 2 rings (SSSR count). The monoisotopic (exact) mass is 250 g/mol. The number of ether oxygens (including phenoxy) is 1. The number of carbonyl (C=O) groups excluding carboxylic acids is 1. The number of aliphatic hydroxyl groups excluding tert-OH is 1. The fourth-order valence-electron chi connectivity index (χ4n) is 2.07. The molecule has 3 N–H and O–H groups in total. The van der Waals surface area contributed by atoms with Crippen molar-refractivity contribution in [1.82, 2.24) is 4.90 Å². The summed E-state index contributed by atoms with van der Waals surface area (Å²) in [6, 6.07) is 9.30. The maximum atomic E-state index is 11.8. The Labute approximate surface area is 106 Å². The van der Waals surface area contributed by atoms with Crippen LogP contribution in [0.4, 0.5) is 4.79 Å². The first-order chi connectivity index (χ1) is 8.65. The van der Waals surface area contributed by atoms with Gasteiger partial charge in [-0.3, -0.25) is 0 Å². The van der Waals surface area contributed by atoms with Crippen molar-refractivity contribution in [2.45, 2.75) is 25.2 Å². The predicted octanol–water partition coefficient (Wildman–Crippen LogP) is 0.717. The van der Waals surface area contributed by atoms with Gasteiger partial charge >= 0.3 is 6.09 Å². The summed E-state index contributed by atoms with van der Waals surface area (Å²) in [6.45, 7) is 0.966. The van der Waals surface area contributed by atoms with Gasteiger partial charge in [0.15, 0.2) is 0 Å². The molecule has 0 radical (unpaired) electrons. The molecule has 18 heavy (non-hydrogen) atoms. The molecule has 1 aromatic rings. The summed E-state index contributed by atoms with van der Waals surface area (Å²) in [5.74, 6) is 0. The van der Waals surface area contributed by atoms with E-state index in [2.05, 4.69) is 0 Å². The Hall–Kier alpha value is -1.59. The highest BCUT2D eigenvalue weighted by atomic mass is 16.6. The second kappa shape index (κ2) is 5.84. The van der Waals surface area contributed by atoms with E-state index in [0.717, 1.165) is 5.56 Å². The molecule has 98 valence electrons. The Morgan fingerprint density at radius 1 is 1.39 bits per heavy atom. The maximum absolute atomic E-state index is 11.8. The fourth-order valence-corrected chi connectivity index (χ4v) is 2.07. The van der Waals surface area contributed by atoms with Crippen LogP contribution >= 0.6 is 0 Å². The summed E-state index contributed by atoms with van der Waals surface area (Å²) >= 11 is 0. The largest absolute Gasteiger partial charge is 0.445 e. The number of hydrogen-bond donors (Lipinski definition) is 2. The van der Waals surface area contributed by atoms with Gasteiger partial charge in [-0.2, -0.15) is 0 Å². The number of nitrogens with two attached hydrogens (primary N) is 1. The molecule has 1 saturated heterocycles. The lowest BCUT2D eigenvalue weighted by Gasteiger charge is -2.33. The first-order valence-corrected chi connectivity index (χ1v) is 6.04. The van der Waals surface area contributed by atoms with Crippen molar-refractivity contribution in [3.8, 4) is 0 Å². The minimum atomic E-state index is -0.557. The van der Waals surface area contributed by atoms with Gasteiger partial charge in [0.25, 0.3) is 0 Å². The predicted molar refractivity (Wildman–Crippen MR) is 66.8 cm³/mol. The zero-order valence-corrected chi connectivity index (χ0v) is 10.2. The van der Waals surface area contributed by atoms with Crippen molar-refractivity contribution in [2.75, 3.05) is 13.1 Å². The maximum Gasteiger partial charge on any atom is 0.410 e. The molecule has 1 amide bonds. The van der Waals surface area contributed by atoms with Crippen LogP contribution in [-0.2, 0) is 11.3 Å². The summed E-state index contributed by atoms with van der Waals surface area (Å²) in [5, 5.41) is 9.55.